The summed E-state index contributed by atoms with van der Waals surface area (Å²) in [4.78, 5) is 7.77. The molecule has 0 amide bonds. The van der Waals surface area contributed by atoms with Crippen LogP contribution in [0.3, 0.4) is 0 Å². The molecule has 0 aliphatic carbocycles. The average Bonchev–Trinajstić information content (AvgIpc) is 3.14. The lowest BCUT2D eigenvalue weighted by molar-refractivity contribution is 0.624. The first-order chi connectivity index (χ1) is 12.8. The molecule has 0 aliphatic rings. The van der Waals surface area contributed by atoms with Gasteiger partial charge in [0.1, 0.15) is 0 Å². The van der Waals surface area contributed by atoms with Crippen molar-refractivity contribution in [2.45, 2.75) is 12.6 Å². The van der Waals surface area contributed by atoms with Crippen LogP contribution in [0.1, 0.15) is 22.9 Å². The normalized spacial score (nSPS) is 12.2. The Morgan fingerprint density at radius 1 is 0.962 bits per heavy atom. The minimum absolute atomic E-state index is 0.0115. The van der Waals surface area contributed by atoms with Crippen LogP contribution < -0.4 is 5.32 Å². The number of benzene rings is 2. The van der Waals surface area contributed by atoms with Gasteiger partial charge in [0.25, 0.3) is 0 Å². The number of hydrogen-bond donors (Lipinski definition) is 2. The van der Waals surface area contributed by atoms with E-state index < -0.39 is 0 Å². The molecule has 26 heavy (non-hydrogen) atoms. The van der Waals surface area contributed by atoms with Gasteiger partial charge in [-0.25, -0.2) is 0 Å². The van der Waals surface area contributed by atoms with E-state index in [1.807, 2.05) is 42.7 Å². The molecule has 2 N–H and O–H groups in total. The zero-order valence-corrected chi connectivity index (χ0v) is 14.5. The van der Waals surface area contributed by atoms with Gasteiger partial charge in [0.05, 0.1) is 11.7 Å². The highest BCUT2D eigenvalue weighted by molar-refractivity contribution is 5.93. The number of nitrogens with one attached hydrogen (secondary N) is 2. The molecule has 4 rings (SSSR count). The van der Waals surface area contributed by atoms with Crippen molar-refractivity contribution in [3.63, 3.8) is 0 Å². The molecule has 0 saturated carbocycles. The Bertz CT molecular complexity index is 1000. The predicted octanol–water partition coefficient (Wildman–Crippen LogP) is 5.11. The van der Waals surface area contributed by atoms with E-state index in [4.69, 9.17) is 0 Å². The molecule has 2 heterocycles. The van der Waals surface area contributed by atoms with Crippen molar-refractivity contribution in [2.75, 3.05) is 0 Å². The number of aromatic nitrogens is 2. The Kier molecular flexibility index (Phi) is 4.63. The van der Waals surface area contributed by atoms with Crippen molar-refractivity contribution in [1.29, 1.82) is 0 Å². The molecule has 0 radical (unpaired) electrons. The van der Waals surface area contributed by atoms with Gasteiger partial charge in [-0.3, -0.25) is 4.98 Å². The zero-order valence-electron chi connectivity index (χ0n) is 14.5. The van der Waals surface area contributed by atoms with Crippen LogP contribution >= 0.6 is 0 Å². The van der Waals surface area contributed by atoms with Crippen LogP contribution in [0.4, 0.5) is 0 Å². The van der Waals surface area contributed by atoms with E-state index in [0.29, 0.717) is 6.54 Å². The summed E-state index contributed by atoms with van der Waals surface area (Å²) in [6.07, 6.45) is 3.87. The van der Waals surface area contributed by atoms with Gasteiger partial charge < -0.3 is 10.3 Å². The van der Waals surface area contributed by atoms with E-state index in [1.165, 1.54) is 10.9 Å². The van der Waals surface area contributed by atoms with Gasteiger partial charge >= 0.3 is 0 Å². The van der Waals surface area contributed by atoms with Gasteiger partial charge in [0.2, 0.25) is 0 Å². The van der Waals surface area contributed by atoms with Gasteiger partial charge in [-0.2, -0.15) is 0 Å². The lowest BCUT2D eigenvalue weighted by atomic mass is 9.93. The summed E-state index contributed by atoms with van der Waals surface area (Å²) in [7, 11) is 0. The van der Waals surface area contributed by atoms with E-state index in [9.17, 15) is 0 Å². The minimum atomic E-state index is 0.0115. The molecule has 0 saturated heterocycles. The fourth-order valence-corrected chi connectivity index (χ4v) is 3.29. The Balaban J connectivity index is 1.67. The van der Waals surface area contributed by atoms with Crippen molar-refractivity contribution >= 4 is 16.5 Å². The third-order valence-electron chi connectivity index (χ3n) is 4.63. The molecule has 0 bridgehead atoms. The van der Waals surface area contributed by atoms with Crippen LogP contribution in [0.25, 0.3) is 16.5 Å². The van der Waals surface area contributed by atoms with Gasteiger partial charge in [-0.15, -0.1) is 0 Å². The largest absolute Gasteiger partial charge is 0.361 e. The first-order valence-corrected chi connectivity index (χ1v) is 8.76. The van der Waals surface area contributed by atoms with Gasteiger partial charge in [-0.05, 0) is 29.3 Å². The average molecular weight is 339 g/mol. The molecule has 4 aromatic rings. The SMILES string of the molecule is C=C(c1c[nH]c2ccccc12)C(NCc1ccccn1)c1ccccc1. The number of fused-ring (bicyclic) bond motifs is 1. The summed E-state index contributed by atoms with van der Waals surface area (Å²) in [5, 5.41) is 4.82. The van der Waals surface area contributed by atoms with Gasteiger partial charge in [0.15, 0.2) is 0 Å². The Morgan fingerprint density at radius 3 is 2.54 bits per heavy atom. The first-order valence-electron chi connectivity index (χ1n) is 8.76. The van der Waals surface area contributed by atoms with Crippen LogP contribution in [0, 0.1) is 0 Å². The highest BCUT2D eigenvalue weighted by Gasteiger charge is 2.18. The summed E-state index contributed by atoms with van der Waals surface area (Å²) in [5.74, 6) is 0. The molecule has 1 unspecified atom stereocenters. The topological polar surface area (TPSA) is 40.7 Å². The molecule has 3 heteroatoms. The number of nitrogens with zero attached hydrogens (tertiary/aromatic N) is 1. The highest BCUT2D eigenvalue weighted by Crippen LogP contribution is 2.33. The van der Waals surface area contributed by atoms with Gasteiger partial charge in [0, 0.05) is 35.4 Å². The maximum atomic E-state index is 4.43. The number of H-pyrrole nitrogens is 1. The second-order valence-corrected chi connectivity index (χ2v) is 6.32. The van der Waals surface area contributed by atoms with Crippen LogP contribution in [-0.4, -0.2) is 9.97 Å². The standard InChI is InChI=1S/C23H21N3/c1-17(21-16-25-22-13-6-5-12-20(21)22)23(18-9-3-2-4-10-18)26-15-19-11-7-8-14-24-19/h2-14,16,23,25-26H,1,15H2. The maximum Gasteiger partial charge on any atom is 0.0580 e. The zero-order chi connectivity index (χ0) is 17.8. The van der Waals surface area contributed by atoms with Crippen molar-refractivity contribution in [3.05, 3.63) is 109 Å². The van der Waals surface area contributed by atoms with Crippen molar-refractivity contribution in [3.8, 4) is 0 Å². The second kappa shape index (κ2) is 7.38. The van der Waals surface area contributed by atoms with E-state index >= 15 is 0 Å². The molecule has 0 fully saturated rings. The first kappa shape index (κ1) is 16.3. The molecular weight excluding hydrogens is 318 g/mol. The molecule has 3 nitrogen and oxygen atoms in total. The van der Waals surface area contributed by atoms with Gasteiger partial charge in [-0.1, -0.05) is 61.2 Å². The summed E-state index contributed by atoms with van der Waals surface area (Å²) in [5.41, 5.74) is 5.52. The second-order valence-electron chi connectivity index (χ2n) is 6.32. The highest BCUT2D eigenvalue weighted by atomic mass is 14.9. The maximum absolute atomic E-state index is 4.43. The number of rotatable bonds is 6. The minimum Gasteiger partial charge on any atom is -0.361 e. The smallest absolute Gasteiger partial charge is 0.0580 e. The Morgan fingerprint density at radius 2 is 1.73 bits per heavy atom. The van der Waals surface area contributed by atoms with Crippen LogP contribution in [-0.2, 0) is 6.54 Å². The van der Waals surface area contributed by atoms with Crippen LogP contribution in [0.2, 0.25) is 0 Å². The molecule has 128 valence electrons. The monoisotopic (exact) mass is 339 g/mol. The molecule has 2 aromatic heterocycles. The molecule has 0 spiro atoms. The van der Waals surface area contributed by atoms with E-state index in [2.05, 4.69) is 64.3 Å². The number of aromatic amines is 1. The van der Waals surface area contributed by atoms with Crippen molar-refractivity contribution in [2.24, 2.45) is 0 Å². The molecule has 2 aromatic carbocycles. The summed E-state index contributed by atoms with van der Waals surface area (Å²) >= 11 is 0. The quantitative estimate of drug-likeness (QED) is 0.513. The summed E-state index contributed by atoms with van der Waals surface area (Å²) in [6.45, 7) is 5.12. The fourth-order valence-electron chi connectivity index (χ4n) is 3.29. The number of hydrogen-bond acceptors (Lipinski definition) is 2. The molecule has 1 atom stereocenters. The Hall–Kier alpha value is -3.17. The van der Waals surface area contributed by atoms with Crippen LogP contribution in [0.5, 0.6) is 0 Å². The predicted molar refractivity (Wildman–Crippen MR) is 108 cm³/mol. The summed E-state index contributed by atoms with van der Waals surface area (Å²) in [6, 6.07) is 24.7. The third-order valence-corrected chi connectivity index (χ3v) is 4.63. The fraction of sp³-hybridized carbons (Fsp3) is 0.0870. The van der Waals surface area contributed by atoms with E-state index in [-0.39, 0.29) is 6.04 Å². The number of pyridine rings is 1. The third kappa shape index (κ3) is 3.30. The Labute approximate surface area is 153 Å². The summed E-state index contributed by atoms with van der Waals surface area (Å²) < 4.78 is 0. The van der Waals surface area contributed by atoms with E-state index in [1.54, 1.807) is 0 Å². The van der Waals surface area contributed by atoms with Crippen molar-refractivity contribution in [1.82, 2.24) is 15.3 Å². The van der Waals surface area contributed by atoms with Crippen molar-refractivity contribution < 1.29 is 0 Å². The van der Waals surface area contributed by atoms with E-state index in [0.717, 1.165) is 22.3 Å². The molecular formula is C23H21N3. The molecule has 0 aliphatic heterocycles. The lowest BCUT2D eigenvalue weighted by Crippen LogP contribution is -2.22. The lowest BCUT2D eigenvalue weighted by Gasteiger charge is -2.22. The van der Waals surface area contributed by atoms with Crippen LogP contribution in [0.15, 0.2) is 91.8 Å². The number of para-hydroxylation sites is 1.